The van der Waals surface area contributed by atoms with Crippen LogP contribution in [0.1, 0.15) is 47.1 Å². The molecule has 1 heterocycles. The summed E-state index contributed by atoms with van der Waals surface area (Å²) in [6, 6.07) is 7.07. The summed E-state index contributed by atoms with van der Waals surface area (Å²) in [5, 5.41) is 5.30. The van der Waals surface area contributed by atoms with Crippen molar-refractivity contribution in [2.75, 3.05) is 11.9 Å². The molecule has 0 aliphatic rings. The highest BCUT2D eigenvalue weighted by molar-refractivity contribution is 9.10. The van der Waals surface area contributed by atoms with Crippen molar-refractivity contribution >= 4 is 44.1 Å². The van der Waals surface area contributed by atoms with Crippen molar-refractivity contribution in [1.82, 2.24) is 0 Å². The van der Waals surface area contributed by atoms with Gasteiger partial charge in [0.15, 0.2) is 0 Å². The van der Waals surface area contributed by atoms with Crippen LogP contribution in [0.15, 0.2) is 34.1 Å². The van der Waals surface area contributed by atoms with E-state index in [2.05, 4.69) is 35.1 Å². The lowest BCUT2D eigenvalue weighted by atomic mass is 10.0. The summed E-state index contributed by atoms with van der Waals surface area (Å²) in [6.45, 7) is 6.25. The Balaban J connectivity index is 2.28. The van der Waals surface area contributed by atoms with E-state index in [1.54, 1.807) is 31.2 Å². The quantitative estimate of drug-likeness (QED) is 0.671. The molecule has 24 heavy (non-hydrogen) atoms. The molecule has 128 valence electrons. The highest BCUT2D eigenvalue weighted by Crippen LogP contribution is 2.31. The summed E-state index contributed by atoms with van der Waals surface area (Å²) in [7, 11) is 0. The van der Waals surface area contributed by atoms with E-state index in [9.17, 15) is 9.59 Å². The number of esters is 1. The van der Waals surface area contributed by atoms with Crippen LogP contribution in [-0.4, -0.2) is 18.5 Å². The number of thiophene rings is 1. The van der Waals surface area contributed by atoms with Gasteiger partial charge in [-0.15, -0.1) is 11.3 Å². The van der Waals surface area contributed by atoms with Gasteiger partial charge in [0.05, 0.1) is 12.2 Å². The zero-order valence-electron chi connectivity index (χ0n) is 13.9. The highest BCUT2D eigenvalue weighted by atomic mass is 79.9. The van der Waals surface area contributed by atoms with E-state index in [1.165, 1.54) is 11.3 Å². The monoisotopic (exact) mass is 409 g/mol. The molecule has 0 aliphatic carbocycles. The number of hydrogen-bond donors (Lipinski definition) is 1. The van der Waals surface area contributed by atoms with Crippen LogP contribution in [0.3, 0.4) is 0 Å². The summed E-state index contributed by atoms with van der Waals surface area (Å²) < 4.78 is 6.07. The van der Waals surface area contributed by atoms with Crippen molar-refractivity contribution in [3.8, 4) is 0 Å². The summed E-state index contributed by atoms with van der Waals surface area (Å²) >= 11 is 4.70. The predicted molar refractivity (Wildman–Crippen MR) is 101 cm³/mol. The number of amides is 1. The third-order valence-electron chi connectivity index (χ3n) is 3.31. The predicted octanol–water partition coefficient (Wildman–Crippen LogP) is 5.14. The number of anilines is 1. The summed E-state index contributed by atoms with van der Waals surface area (Å²) in [5.41, 5.74) is 1.92. The van der Waals surface area contributed by atoms with Crippen LogP contribution in [0, 0.1) is 5.92 Å². The van der Waals surface area contributed by atoms with Gasteiger partial charge in [-0.05, 0) is 54.5 Å². The van der Waals surface area contributed by atoms with Crippen LogP contribution in [0.2, 0.25) is 0 Å². The largest absolute Gasteiger partial charge is 0.462 e. The molecule has 1 N–H and O–H groups in total. The first kappa shape index (κ1) is 18.7. The average Bonchev–Trinajstić information content (AvgIpc) is 2.89. The maximum atomic E-state index is 12.4. The number of benzene rings is 1. The molecule has 1 aromatic carbocycles. The third kappa shape index (κ3) is 4.68. The lowest BCUT2D eigenvalue weighted by Crippen LogP contribution is -2.15. The van der Waals surface area contributed by atoms with Gasteiger partial charge < -0.3 is 10.1 Å². The van der Waals surface area contributed by atoms with Crippen molar-refractivity contribution in [1.29, 1.82) is 0 Å². The minimum atomic E-state index is -0.388. The fourth-order valence-corrected chi connectivity index (χ4v) is 3.50. The minimum absolute atomic E-state index is 0.244. The number of ether oxygens (including phenoxy) is 1. The Labute approximate surface area is 154 Å². The molecule has 6 heteroatoms. The summed E-state index contributed by atoms with van der Waals surface area (Å²) in [6.07, 6.45) is 0.763. The van der Waals surface area contributed by atoms with Gasteiger partial charge in [0.2, 0.25) is 0 Å². The topological polar surface area (TPSA) is 55.4 Å². The Morgan fingerprint density at radius 3 is 2.50 bits per heavy atom. The van der Waals surface area contributed by atoms with Crippen LogP contribution in [-0.2, 0) is 11.2 Å². The van der Waals surface area contributed by atoms with Gasteiger partial charge >= 0.3 is 5.97 Å². The van der Waals surface area contributed by atoms with Crippen molar-refractivity contribution in [2.24, 2.45) is 5.92 Å². The van der Waals surface area contributed by atoms with Crippen molar-refractivity contribution in [3.63, 3.8) is 0 Å². The van der Waals surface area contributed by atoms with E-state index in [1.807, 2.05) is 5.38 Å². The molecule has 0 fully saturated rings. The van der Waals surface area contributed by atoms with Gasteiger partial charge in [-0.3, -0.25) is 4.79 Å². The van der Waals surface area contributed by atoms with E-state index in [-0.39, 0.29) is 11.9 Å². The van der Waals surface area contributed by atoms with Crippen LogP contribution >= 0.6 is 27.3 Å². The molecule has 1 aromatic heterocycles. The number of carbonyl (C=O) groups excluding carboxylic acids is 2. The Hall–Kier alpha value is -1.66. The van der Waals surface area contributed by atoms with E-state index in [4.69, 9.17) is 4.74 Å². The van der Waals surface area contributed by atoms with Gasteiger partial charge in [-0.25, -0.2) is 4.79 Å². The molecular weight excluding hydrogens is 390 g/mol. The molecule has 0 bridgehead atoms. The highest BCUT2D eigenvalue weighted by Gasteiger charge is 2.22. The molecule has 4 nitrogen and oxygen atoms in total. The van der Waals surface area contributed by atoms with Crippen LogP contribution < -0.4 is 5.32 Å². The number of halogens is 1. The zero-order valence-corrected chi connectivity index (χ0v) is 16.3. The Morgan fingerprint density at radius 2 is 1.92 bits per heavy atom. The molecular formula is C18H20BrNO3S. The number of rotatable bonds is 6. The lowest BCUT2D eigenvalue weighted by molar-refractivity contribution is 0.0527. The number of hydrogen-bond acceptors (Lipinski definition) is 4. The van der Waals surface area contributed by atoms with Crippen molar-refractivity contribution in [2.45, 2.75) is 27.2 Å². The molecule has 2 rings (SSSR count). The molecule has 0 radical (unpaired) electrons. The fraction of sp³-hybridized carbons (Fsp3) is 0.333. The van der Waals surface area contributed by atoms with Gasteiger partial charge in [-0.2, -0.15) is 0 Å². The fourth-order valence-electron chi connectivity index (χ4n) is 2.28. The summed E-state index contributed by atoms with van der Waals surface area (Å²) in [4.78, 5) is 24.7. The van der Waals surface area contributed by atoms with Crippen molar-refractivity contribution < 1.29 is 14.3 Å². The summed E-state index contributed by atoms with van der Waals surface area (Å²) in [5.74, 6) is -0.227. The lowest BCUT2D eigenvalue weighted by Gasteiger charge is -2.10. The molecule has 2 aromatic rings. The standard InChI is InChI=1S/C18H20BrNO3S/c1-4-23-18(22)15-13(9-11(2)3)10-24-17(15)20-16(21)12-5-7-14(19)8-6-12/h5-8,10-11H,4,9H2,1-3H3,(H,20,21). The zero-order chi connectivity index (χ0) is 17.7. The van der Waals surface area contributed by atoms with Gasteiger partial charge in [0.1, 0.15) is 5.00 Å². The molecule has 1 amide bonds. The first-order valence-electron chi connectivity index (χ1n) is 7.76. The SMILES string of the molecule is CCOC(=O)c1c(CC(C)C)csc1NC(=O)c1ccc(Br)cc1. The maximum absolute atomic E-state index is 12.4. The van der Waals surface area contributed by atoms with Crippen LogP contribution in [0.25, 0.3) is 0 Å². The first-order valence-corrected chi connectivity index (χ1v) is 9.44. The second-order valence-electron chi connectivity index (χ2n) is 5.74. The van der Waals surface area contributed by atoms with Gasteiger partial charge in [-0.1, -0.05) is 29.8 Å². The van der Waals surface area contributed by atoms with E-state index < -0.39 is 0 Å². The van der Waals surface area contributed by atoms with E-state index in [0.29, 0.717) is 28.7 Å². The average molecular weight is 410 g/mol. The number of nitrogens with one attached hydrogen (secondary N) is 1. The Morgan fingerprint density at radius 1 is 1.25 bits per heavy atom. The molecule has 0 saturated heterocycles. The molecule has 0 aliphatic heterocycles. The third-order valence-corrected chi connectivity index (χ3v) is 4.78. The normalized spacial score (nSPS) is 10.7. The Kier molecular flexibility index (Phi) is 6.57. The number of carbonyl (C=O) groups is 2. The van der Waals surface area contributed by atoms with Crippen LogP contribution in [0.5, 0.6) is 0 Å². The second-order valence-corrected chi connectivity index (χ2v) is 7.54. The van der Waals surface area contributed by atoms with E-state index >= 15 is 0 Å². The van der Waals surface area contributed by atoms with Gasteiger partial charge in [0, 0.05) is 10.0 Å². The minimum Gasteiger partial charge on any atom is -0.462 e. The Bertz CT molecular complexity index is 722. The van der Waals surface area contributed by atoms with Crippen molar-refractivity contribution in [3.05, 3.63) is 50.8 Å². The second kappa shape index (κ2) is 8.44. The van der Waals surface area contributed by atoms with E-state index in [0.717, 1.165) is 16.5 Å². The maximum Gasteiger partial charge on any atom is 0.341 e. The molecule has 0 unspecified atom stereocenters. The van der Waals surface area contributed by atoms with Crippen LogP contribution in [0.4, 0.5) is 5.00 Å². The molecule has 0 spiro atoms. The van der Waals surface area contributed by atoms with Gasteiger partial charge in [0.25, 0.3) is 5.91 Å². The molecule has 0 atom stereocenters. The smallest absolute Gasteiger partial charge is 0.341 e. The first-order chi connectivity index (χ1) is 11.4. The molecule has 0 saturated carbocycles.